The molecule has 3 unspecified atom stereocenters. The van der Waals surface area contributed by atoms with Crippen molar-refractivity contribution in [2.24, 2.45) is 11.8 Å². The molecule has 0 aromatic heterocycles. The van der Waals surface area contributed by atoms with Gasteiger partial charge in [-0.25, -0.2) is 4.79 Å². The highest BCUT2D eigenvalue weighted by molar-refractivity contribution is 5.74. The summed E-state index contributed by atoms with van der Waals surface area (Å²) >= 11 is 0. The second-order valence-electron chi connectivity index (χ2n) is 5.92. The van der Waals surface area contributed by atoms with E-state index < -0.39 is 5.97 Å². The van der Waals surface area contributed by atoms with Crippen LogP contribution in [0.2, 0.25) is 0 Å². The zero-order valence-corrected chi connectivity index (χ0v) is 12.7. The Kier molecular flexibility index (Phi) is 6.78. The van der Waals surface area contributed by atoms with Gasteiger partial charge >= 0.3 is 12.0 Å². The molecule has 0 saturated carbocycles. The lowest BCUT2D eigenvalue weighted by atomic mass is 9.94. The van der Waals surface area contributed by atoms with Gasteiger partial charge < -0.3 is 20.6 Å². The Balaban J connectivity index is 2.16. The van der Waals surface area contributed by atoms with Gasteiger partial charge in [0.1, 0.15) is 0 Å². The number of carboxylic acid groups (broad SMARTS) is 1. The van der Waals surface area contributed by atoms with Crippen LogP contribution in [0.1, 0.15) is 33.1 Å². The van der Waals surface area contributed by atoms with Crippen LogP contribution in [0.3, 0.4) is 0 Å². The van der Waals surface area contributed by atoms with Crippen LogP contribution in [0.15, 0.2) is 0 Å². The molecule has 0 aromatic carbocycles. The average molecular weight is 285 g/mol. The number of carbonyl (C=O) groups is 2. The van der Waals surface area contributed by atoms with Crippen molar-refractivity contribution in [2.75, 3.05) is 26.7 Å². The SMILES string of the molecule is CC(CCCNC(=O)NC1CCN(C)CC1C)C(=O)O. The summed E-state index contributed by atoms with van der Waals surface area (Å²) in [4.78, 5) is 24.7. The van der Waals surface area contributed by atoms with E-state index in [1.54, 1.807) is 6.92 Å². The third-order valence-electron chi connectivity index (χ3n) is 3.95. The maximum absolute atomic E-state index is 11.8. The molecule has 3 N–H and O–H groups in total. The number of hydrogen-bond donors (Lipinski definition) is 3. The molecule has 20 heavy (non-hydrogen) atoms. The molecule has 3 atom stereocenters. The summed E-state index contributed by atoms with van der Waals surface area (Å²) in [5, 5.41) is 14.6. The van der Waals surface area contributed by atoms with E-state index in [1.165, 1.54) is 0 Å². The molecule has 1 fully saturated rings. The molecule has 0 aliphatic carbocycles. The molecule has 1 rings (SSSR count). The number of carbonyl (C=O) groups excluding carboxylic acids is 1. The van der Waals surface area contributed by atoms with Crippen LogP contribution in [-0.2, 0) is 4.79 Å². The first kappa shape index (κ1) is 16.8. The van der Waals surface area contributed by atoms with E-state index in [9.17, 15) is 9.59 Å². The van der Waals surface area contributed by atoms with Gasteiger partial charge in [0.05, 0.1) is 5.92 Å². The topological polar surface area (TPSA) is 81.7 Å². The highest BCUT2D eigenvalue weighted by Crippen LogP contribution is 2.15. The van der Waals surface area contributed by atoms with Crippen LogP contribution >= 0.6 is 0 Å². The van der Waals surface area contributed by atoms with Crippen LogP contribution in [-0.4, -0.2) is 54.7 Å². The Morgan fingerprint density at radius 3 is 2.75 bits per heavy atom. The minimum atomic E-state index is -0.783. The molecular formula is C14H27N3O3. The fraction of sp³-hybridized carbons (Fsp3) is 0.857. The Hall–Kier alpha value is -1.30. The normalized spacial score (nSPS) is 24.9. The van der Waals surface area contributed by atoms with Crippen LogP contribution < -0.4 is 10.6 Å². The Labute approximate surface area is 120 Å². The lowest BCUT2D eigenvalue weighted by Gasteiger charge is -2.35. The monoisotopic (exact) mass is 285 g/mol. The first-order valence-corrected chi connectivity index (χ1v) is 7.36. The van der Waals surface area contributed by atoms with E-state index in [0.29, 0.717) is 25.3 Å². The summed E-state index contributed by atoms with van der Waals surface area (Å²) in [7, 11) is 2.09. The number of aliphatic carboxylic acids is 1. The minimum Gasteiger partial charge on any atom is -0.481 e. The minimum absolute atomic E-state index is 0.144. The van der Waals surface area contributed by atoms with Gasteiger partial charge in [-0.2, -0.15) is 0 Å². The number of hydrogen-bond acceptors (Lipinski definition) is 3. The number of nitrogens with zero attached hydrogens (tertiary/aromatic N) is 1. The fourth-order valence-electron chi connectivity index (χ4n) is 2.52. The summed E-state index contributed by atoms with van der Waals surface area (Å²) in [5.41, 5.74) is 0. The predicted octanol–water partition coefficient (Wildman–Crippen LogP) is 1.13. The number of piperidine rings is 1. The molecule has 1 saturated heterocycles. The molecule has 2 amide bonds. The van der Waals surface area contributed by atoms with Gasteiger partial charge in [0, 0.05) is 19.1 Å². The van der Waals surface area contributed by atoms with E-state index in [-0.39, 0.29) is 18.0 Å². The van der Waals surface area contributed by atoms with Crippen molar-refractivity contribution in [1.82, 2.24) is 15.5 Å². The quantitative estimate of drug-likeness (QED) is 0.639. The molecular weight excluding hydrogens is 258 g/mol. The summed E-state index contributed by atoms with van der Waals surface area (Å²) in [6.07, 6.45) is 2.24. The van der Waals surface area contributed by atoms with Crippen LogP contribution in [0.5, 0.6) is 0 Å². The fourth-order valence-corrected chi connectivity index (χ4v) is 2.52. The molecule has 1 heterocycles. The number of carboxylic acids is 1. The van der Waals surface area contributed by atoms with Crippen molar-refractivity contribution < 1.29 is 14.7 Å². The molecule has 0 bridgehead atoms. The number of urea groups is 1. The zero-order chi connectivity index (χ0) is 15.1. The van der Waals surface area contributed by atoms with Crippen molar-refractivity contribution in [3.63, 3.8) is 0 Å². The van der Waals surface area contributed by atoms with Gasteiger partial charge in [0.25, 0.3) is 0 Å². The van der Waals surface area contributed by atoms with Gasteiger partial charge in [-0.05, 0) is 38.8 Å². The summed E-state index contributed by atoms with van der Waals surface area (Å²) < 4.78 is 0. The van der Waals surface area contributed by atoms with Crippen LogP contribution in [0.4, 0.5) is 4.79 Å². The van der Waals surface area contributed by atoms with E-state index in [2.05, 4.69) is 29.5 Å². The number of rotatable bonds is 6. The van der Waals surface area contributed by atoms with Crippen molar-refractivity contribution in [3.05, 3.63) is 0 Å². The summed E-state index contributed by atoms with van der Waals surface area (Å²) in [5.74, 6) is -0.685. The highest BCUT2D eigenvalue weighted by Gasteiger charge is 2.25. The Morgan fingerprint density at radius 1 is 1.45 bits per heavy atom. The highest BCUT2D eigenvalue weighted by atomic mass is 16.4. The second-order valence-corrected chi connectivity index (χ2v) is 5.92. The third-order valence-corrected chi connectivity index (χ3v) is 3.95. The van der Waals surface area contributed by atoms with Gasteiger partial charge in [-0.1, -0.05) is 13.8 Å². The maximum atomic E-state index is 11.8. The summed E-state index contributed by atoms with van der Waals surface area (Å²) in [6.45, 7) is 6.36. The van der Waals surface area contributed by atoms with E-state index in [1.807, 2.05) is 0 Å². The molecule has 6 heteroatoms. The second kappa shape index (κ2) is 8.09. The van der Waals surface area contributed by atoms with E-state index >= 15 is 0 Å². The van der Waals surface area contributed by atoms with Crippen LogP contribution in [0.25, 0.3) is 0 Å². The number of likely N-dealkylation sites (tertiary alicyclic amines) is 1. The van der Waals surface area contributed by atoms with Gasteiger partial charge in [-0.3, -0.25) is 4.79 Å². The third kappa shape index (κ3) is 5.77. The Morgan fingerprint density at radius 2 is 2.15 bits per heavy atom. The molecule has 1 aliphatic heterocycles. The first-order valence-electron chi connectivity index (χ1n) is 7.36. The smallest absolute Gasteiger partial charge is 0.315 e. The van der Waals surface area contributed by atoms with Crippen molar-refractivity contribution in [1.29, 1.82) is 0 Å². The van der Waals surface area contributed by atoms with Crippen molar-refractivity contribution in [3.8, 4) is 0 Å². The first-order chi connectivity index (χ1) is 9.40. The van der Waals surface area contributed by atoms with E-state index in [0.717, 1.165) is 19.5 Å². The molecule has 0 radical (unpaired) electrons. The van der Waals surface area contributed by atoms with Gasteiger partial charge in [0.15, 0.2) is 0 Å². The predicted molar refractivity (Wildman–Crippen MR) is 77.6 cm³/mol. The van der Waals surface area contributed by atoms with Crippen molar-refractivity contribution >= 4 is 12.0 Å². The number of amides is 2. The van der Waals surface area contributed by atoms with Crippen LogP contribution in [0, 0.1) is 11.8 Å². The number of nitrogens with one attached hydrogen (secondary N) is 2. The molecule has 6 nitrogen and oxygen atoms in total. The van der Waals surface area contributed by atoms with Crippen molar-refractivity contribution in [2.45, 2.75) is 39.2 Å². The Bertz CT molecular complexity index is 336. The standard InChI is InChI=1S/C14H27N3O3/c1-10(13(18)19)5-4-7-15-14(20)16-12-6-8-17(3)9-11(12)2/h10-12H,4-9H2,1-3H3,(H,18,19)(H2,15,16,20). The van der Waals surface area contributed by atoms with E-state index in [4.69, 9.17) is 5.11 Å². The molecule has 1 aliphatic rings. The van der Waals surface area contributed by atoms with Gasteiger partial charge in [-0.15, -0.1) is 0 Å². The summed E-state index contributed by atoms with van der Waals surface area (Å²) in [6, 6.07) is 0.0820. The maximum Gasteiger partial charge on any atom is 0.315 e. The largest absolute Gasteiger partial charge is 0.481 e. The molecule has 116 valence electrons. The van der Waals surface area contributed by atoms with Gasteiger partial charge in [0.2, 0.25) is 0 Å². The lowest BCUT2D eigenvalue weighted by Crippen LogP contribution is -2.51. The molecule has 0 aromatic rings. The lowest BCUT2D eigenvalue weighted by molar-refractivity contribution is -0.141. The molecule has 0 spiro atoms. The average Bonchev–Trinajstić information content (AvgIpc) is 2.37. The zero-order valence-electron chi connectivity index (χ0n) is 12.7.